The molecular weight excluding hydrogens is 512 g/mol. The normalized spacial score (nSPS) is 12.3. The molecule has 0 aliphatic rings. The van der Waals surface area contributed by atoms with E-state index in [1.54, 1.807) is 26.2 Å². The number of hydrogen-bond donors (Lipinski definition) is 4. The van der Waals surface area contributed by atoms with Gasteiger partial charge in [0.15, 0.2) is 0 Å². The minimum Gasteiger partial charge on any atom is -0.496 e. The number of carbonyl (C=O) groups excluding carboxylic acids is 4. The van der Waals surface area contributed by atoms with Gasteiger partial charge in [-0.15, -0.1) is 0 Å². The summed E-state index contributed by atoms with van der Waals surface area (Å²) < 4.78 is 10.3. The first-order valence-electron chi connectivity index (χ1n) is 12.9. The van der Waals surface area contributed by atoms with Gasteiger partial charge in [0.2, 0.25) is 11.8 Å². The van der Waals surface area contributed by atoms with Gasteiger partial charge in [0.1, 0.15) is 17.5 Å². The number of esters is 1. The van der Waals surface area contributed by atoms with Gasteiger partial charge in [-0.3, -0.25) is 14.4 Å². The van der Waals surface area contributed by atoms with Crippen LogP contribution in [0.5, 0.6) is 5.75 Å². The van der Waals surface area contributed by atoms with Crippen LogP contribution < -0.4 is 21.1 Å². The van der Waals surface area contributed by atoms with Crippen LogP contribution in [0.4, 0.5) is 0 Å². The Morgan fingerprint density at radius 1 is 0.975 bits per heavy atom. The van der Waals surface area contributed by atoms with Gasteiger partial charge in [0.25, 0.3) is 5.91 Å². The van der Waals surface area contributed by atoms with Gasteiger partial charge in [-0.2, -0.15) is 0 Å². The zero-order valence-electron chi connectivity index (χ0n) is 22.5. The Balaban J connectivity index is 1.80. The molecule has 5 N–H and O–H groups in total. The third kappa shape index (κ3) is 8.87. The van der Waals surface area contributed by atoms with Gasteiger partial charge in [0.05, 0.1) is 13.7 Å². The summed E-state index contributed by atoms with van der Waals surface area (Å²) in [6.07, 6.45) is 3.01. The molecule has 0 aliphatic heterocycles. The molecule has 3 amide bonds. The van der Waals surface area contributed by atoms with Crippen molar-refractivity contribution in [2.45, 2.75) is 38.3 Å². The van der Waals surface area contributed by atoms with Crippen molar-refractivity contribution in [3.63, 3.8) is 0 Å². The fourth-order valence-corrected chi connectivity index (χ4v) is 4.03. The highest BCUT2D eigenvalue weighted by Crippen LogP contribution is 2.28. The number of hydrogen-bond acceptors (Lipinski definition) is 6. The third-order valence-corrected chi connectivity index (χ3v) is 6.01. The lowest BCUT2D eigenvalue weighted by Crippen LogP contribution is -2.50. The minimum atomic E-state index is -0.958. The number of ether oxygens (including phenoxy) is 2. The standard InChI is InChI=1S/C30H34N4O6/c1-3-40-28(36)18-14-21(13-17-27(31)35)32-30(38)25(19-20-9-5-4-6-10-20)34-29(37)24-16-15-23(33-24)22-11-7-8-12-26(22)39-2/h4-12,14-16,18,21,25,33H,3,13,17,19H2,1-2H3,(H2,31,35)(H,32,38)(H,34,37)/b18-14+/t21-,25-/m1/s1. The molecule has 210 valence electrons. The molecule has 0 fully saturated rings. The van der Waals surface area contributed by atoms with Crippen molar-refractivity contribution < 1.29 is 28.7 Å². The van der Waals surface area contributed by atoms with E-state index < -0.39 is 35.8 Å². The first-order valence-corrected chi connectivity index (χ1v) is 12.9. The summed E-state index contributed by atoms with van der Waals surface area (Å²) in [5.74, 6) is -1.44. The number of methoxy groups -OCH3 is 1. The number of amides is 3. The SMILES string of the molecule is CCOC(=O)/C=C/[C@@H](CCC(N)=O)NC(=O)[C@@H](Cc1ccccc1)NC(=O)c1ccc(-c2ccccc2OC)[nH]1. The molecule has 0 spiro atoms. The van der Waals surface area contributed by atoms with Gasteiger partial charge in [-0.1, -0.05) is 48.5 Å². The van der Waals surface area contributed by atoms with E-state index in [0.29, 0.717) is 11.4 Å². The Morgan fingerprint density at radius 3 is 2.40 bits per heavy atom. The predicted octanol–water partition coefficient (Wildman–Crippen LogP) is 2.90. The Hall–Kier alpha value is -4.86. The van der Waals surface area contributed by atoms with Crippen LogP contribution in [0.3, 0.4) is 0 Å². The smallest absolute Gasteiger partial charge is 0.330 e. The molecule has 10 nitrogen and oxygen atoms in total. The first kappa shape index (κ1) is 29.7. The van der Waals surface area contributed by atoms with Crippen molar-refractivity contribution in [2.24, 2.45) is 5.73 Å². The Kier molecular flexibility index (Phi) is 11.1. The maximum Gasteiger partial charge on any atom is 0.330 e. The van der Waals surface area contributed by atoms with Crippen LogP contribution in [0.25, 0.3) is 11.3 Å². The average Bonchev–Trinajstić information content (AvgIpc) is 3.45. The van der Waals surface area contributed by atoms with Gasteiger partial charge >= 0.3 is 5.97 Å². The predicted molar refractivity (Wildman–Crippen MR) is 150 cm³/mol. The van der Waals surface area contributed by atoms with Gasteiger partial charge in [-0.25, -0.2) is 4.79 Å². The molecule has 3 aromatic rings. The lowest BCUT2D eigenvalue weighted by Gasteiger charge is -2.22. The van der Waals surface area contributed by atoms with Crippen molar-refractivity contribution in [3.8, 4) is 17.0 Å². The number of nitrogens with one attached hydrogen (secondary N) is 3. The molecule has 2 aromatic carbocycles. The fraction of sp³-hybridized carbons (Fsp3) is 0.267. The Labute approximate surface area is 232 Å². The van der Waals surface area contributed by atoms with E-state index in [4.69, 9.17) is 15.2 Å². The molecule has 2 atom stereocenters. The van der Waals surface area contributed by atoms with Crippen molar-refractivity contribution in [1.82, 2.24) is 15.6 Å². The summed E-state index contributed by atoms with van der Waals surface area (Å²) >= 11 is 0. The van der Waals surface area contributed by atoms with E-state index in [0.717, 1.165) is 11.1 Å². The van der Waals surface area contributed by atoms with Gasteiger partial charge < -0.3 is 30.8 Å². The van der Waals surface area contributed by atoms with Crippen LogP contribution in [0, 0.1) is 0 Å². The van der Waals surface area contributed by atoms with Gasteiger partial charge in [0, 0.05) is 36.2 Å². The van der Waals surface area contributed by atoms with E-state index >= 15 is 0 Å². The second kappa shape index (κ2) is 14.9. The Bertz CT molecular complexity index is 1330. The van der Waals surface area contributed by atoms with Crippen LogP contribution in [-0.2, 0) is 25.5 Å². The summed E-state index contributed by atoms with van der Waals surface area (Å²) in [6.45, 7) is 1.88. The average molecular weight is 547 g/mol. The van der Waals surface area contributed by atoms with Crippen molar-refractivity contribution in [3.05, 3.63) is 90.1 Å². The summed E-state index contributed by atoms with van der Waals surface area (Å²) in [5, 5.41) is 5.62. The van der Waals surface area contributed by atoms with E-state index in [-0.39, 0.29) is 31.6 Å². The lowest BCUT2D eigenvalue weighted by molar-refractivity contribution is -0.137. The molecule has 0 unspecified atom stereocenters. The van der Waals surface area contributed by atoms with Crippen LogP contribution >= 0.6 is 0 Å². The molecule has 40 heavy (non-hydrogen) atoms. The number of aromatic nitrogens is 1. The Morgan fingerprint density at radius 2 is 1.70 bits per heavy atom. The fourth-order valence-electron chi connectivity index (χ4n) is 4.03. The minimum absolute atomic E-state index is 0.0119. The number of para-hydroxylation sites is 1. The summed E-state index contributed by atoms with van der Waals surface area (Å²) in [4.78, 5) is 53.0. The van der Waals surface area contributed by atoms with Crippen LogP contribution in [0.2, 0.25) is 0 Å². The summed E-state index contributed by atoms with van der Waals surface area (Å²) in [6, 6.07) is 18.4. The number of rotatable bonds is 14. The maximum atomic E-state index is 13.4. The molecule has 0 aliphatic carbocycles. The molecule has 1 aromatic heterocycles. The van der Waals surface area contributed by atoms with Crippen LogP contribution in [-0.4, -0.2) is 54.5 Å². The van der Waals surface area contributed by atoms with Crippen LogP contribution in [0.1, 0.15) is 35.8 Å². The highest BCUT2D eigenvalue weighted by Gasteiger charge is 2.25. The summed E-state index contributed by atoms with van der Waals surface area (Å²) in [7, 11) is 1.57. The number of aromatic amines is 1. The highest BCUT2D eigenvalue weighted by atomic mass is 16.5. The maximum absolute atomic E-state index is 13.4. The first-order chi connectivity index (χ1) is 19.3. The number of carbonyl (C=O) groups is 4. The highest BCUT2D eigenvalue weighted by molar-refractivity contribution is 5.97. The number of H-pyrrole nitrogens is 1. The topological polar surface area (TPSA) is 153 Å². The number of nitrogens with two attached hydrogens (primary N) is 1. The lowest BCUT2D eigenvalue weighted by atomic mass is 10.0. The zero-order chi connectivity index (χ0) is 28.9. The molecule has 0 bridgehead atoms. The quantitative estimate of drug-likeness (QED) is 0.180. The summed E-state index contributed by atoms with van der Waals surface area (Å²) in [5.41, 5.74) is 7.86. The van der Waals surface area contributed by atoms with Crippen molar-refractivity contribution in [1.29, 1.82) is 0 Å². The molecule has 3 rings (SSSR count). The molecule has 10 heteroatoms. The molecule has 0 saturated carbocycles. The monoisotopic (exact) mass is 546 g/mol. The number of primary amides is 1. The molecule has 0 saturated heterocycles. The second-order valence-electron chi connectivity index (χ2n) is 8.93. The van der Waals surface area contributed by atoms with Crippen LogP contribution in [0.15, 0.2) is 78.9 Å². The van der Waals surface area contributed by atoms with Gasteiger partial charge in [-0.05, 0) is 43.2 Å². The number of benzene rings is 2. The molecule has 0 radical (unpaired) electrons. The molecular formula is C30H34N4O6. The third-order valence-electron chi connectivity index (χ3n) is 6.01. The second-order valence-corrected chi connectivity index (χ2v) is 8.93. The van der Waals surface area contributed by atoms with E-state index in [1.165, 1.54) is 12.2 Å². The zero-order valence-corrected chi connectivity index (χ0v) is 22.5. The largest absolute Gasteiger partial charge is 0.496 e. The van der Waals surface area contributed by atoms with E-state index in [1.807, 2.05) is 54.6 Å². The molecule has 1 heterocycles. The van der Waals surface area contributed by atoms with E-state index in [9.17, 15) is 19.2 Å². The van der Waals surface area contributed by atoms with Crippen molar-refractivity contribution >= 4 is 23.7 Å². The van der Waals surface area contributed by atoms with Crippen molar-refractivity contribution in [2.75, 3.05) is 13.7 Å². The van der Waals surface area contributed by atoms with E-state index in [2.05, 4.69) is 15.6 Å².